The summed E-state index contributed by atoms with van der Waals surface area (Å²) >= 11 is 0. The molecule has 1 aliphatic carbocycles. The van der Waals surface area contributed by atoms with E-state index in [0.29, 0.717) is 5.78 Å². The maximum atomic E-state index is 12.4. The summed E-state index contributed by atoms with van der Waals surface area (Å²) in [5, 5.41) is 0. The third-order valence-corrected chi connectivity index (χ3v) is 3.59. The molecule has 1 heterocycles. The largest absolute Gasteiger partial charge is 0.294 e. The Bertz CT molecular complexity index is 383. The van der Waals surface area contributed by atoms with Crippen molar-refractivity contribution in [3.05, 3.63) is 29.1 Å². The van der Waals surface area contributed by atoms with Crippen LogP contribution in [0.15, 0.2) is 12.1 Å². The van der Waals surface area contributed by atoms with Crippen LogP contribution < -0.4 is 0 Å². The van der Waals surface area contributed by atoms with Gasteiger partial charge in [0.2, 0.25) is 0 Å². The SMILES string of the molecule is Cc1cc(C(=O)C2CCCCCC2)cc(C)n1. The molecule has 2 rings (SSSR count). The Balaban J connectivity index is 2.17. The number of nitrogens with zero attached hydrogens (tertiary/aromatic N) is 1. The summed E-state index contributed by atoms with van der Waals surface area (Å²) in [7, 11) is 0. The van der Waals surface area contributed by atoms with Gasteiger partial charge in [0.05, 0.1) is 0 Å². The predicted molar refractivity (Wildman–Crippen MR) is 69.2 cm³/mol. The molecule has 0 unspecified atom stereocenters. The van der Waals surface area contributed by atoms with E-state index in [9.17, 15) is 4.79 Å². The normalized spacial score (nSPS) is 17.8. The van der Waals surface area contributed by atoms with Gasteiger partial charge in [-0.15, -0.1) is 0 Å². The highest BCUT2D eigenvalue weighted by atomic mass is 16.1. The second kappa shape index (κ2) is 5.44. The molecule has 0 atom stereocenters. The Morgan fingerprint density at radius 1 is 1.06 bits per heavy atom. The number of aryl methyl sites for hydroxylation is 2. The van der Waals surface area contributed by atoms with Crippen LogP contribution in [0.4, 0.5) is 0 Å². The molecule has 1 aliphatic rings. The molecule has 1 saturated carbocycles. The molecular weight excluding hydrogens is 210 g/mol. The highest BCUT2D eigenvalue weighted by molar-refractivity contribution is 5.98. The number of carbonyl (C=O) groups is 1. The van der Waals surface area contributed by atoms with Crippen LogP contribution in [0.25, 0.3) is 0 Å². The first-order valence-corrected chi connectivity index (χ1v) is 6.66. The van der Waals surface area contributed by atoms with Gasteiger partial charge in [0.1, 0.15) is 0 Å². The number of aromatic nitrogens is 1. The van der Waals surface area contributed by atoms with Crippen molar-refractivity contribution in [3.8, 4) is 0 Å². The van der Waals surface area contributed by atoms with Crippen molar-refractivity contribution >= 4 is 5.78 Å². The Kier molecular flexibility index (Phi) is 3.93. The second-order valence-corrected chi connectivity index (χ2v) is 5.19. The minimum atomic E-state index is 0.249. The minimum absolute atomic E-state index is 0.249. The van der Waals surface area contributed by atoms with Crippen molar-refractivity contribution in [3.63, 3.8) is 0 Å². The number of pyridine rings is 1. The monoisotopic (exact) mass is 231 g/mol. The molecule has 1 fully saturated rings. The lowest BCUT2D eigenvalue weighted by atomic mass is 9.91. The zero-order valence-corrected chi connectivity index (χ0v) is 10.8. The van der Waals surface area contributed by atoms with Crippen LogP contribution in [0.5, 0.6) is 0 Å². The highest BCUT2D eigenvalue weighted by Gasteiger charge is 2.21. The molecule has 0 saturated heterocycles. The highest BCUT2D eigenvalue weighted by Crippen LogP contribution is 2.26. The van der Waals surface area contributed by atoms with E-state index in [0.717, 1.165) is 29.8 Å². The average Bonchev–Trinajstić information content (AvgIpc) is 2.55. The van der Waals surface area contributed by atoms with E-state index in [4.69, 9.17) is 0 Å². The molecular formula is C15H21NO. The fourth-order valence-corrected chi connectivity index (χ4v) is 2.75. The number of ketones is 1. The first-order chi connectivity index (χ1) is 8.16. The third-order valence-electron chi connectivity index (χ3n) is 3.59. The van der Waals surface area contributed by atoms with Gasteiger partial charge in [-0.3, -0.25) is 9.78 Å². The van der Waals surface area contributed by atoms with Gasteiger partial charge in [-0.2, -0.15) is 0 Å². The maximum Gasteiger partial charge on any atom is 0.166 e. The van der Waals surface area contributed by atoms with Crippen LogP contribution in [0.2, 0.25) is 0 Å². The average molecular weight is 231 g/mol. The molecule has 1 aromatic rings. The molecule has 0 N–H and O–H groups in total. The van der Waals surface area contributed by atoms with Crippen molar-refractivity contribution in [2.45, 2.75) is 52.4 Å². The lowest BCUT2D eigenvalue weighted by Gasteiger charge is -2.13. The number of carbonyl (C=O) groups excluding carboxylic acids is 1. The summed E-state index contributed by atoms with van der Waals surface area (Å²) in [6.45, 7) is 3.91. The van der Waals surface area contributed by atoms with E-state index in [1.54, 1.807) is 0 Å². The van der Waals surface area contributed by atoms with E-state index in [1.807, 2.05) is 26.0 Å². The van der Waals surface area contributed by atoms with Crippen molar-refractivity contribution in [2.24, 2.45) is 5.92 Å². The molecule has 17 heavy (non-hydrogen) atoms. The molecule has 0 radical (unpaired) electrons. The second-order valence-electron chi connectivity index (χ2n) is 5.19. The van der Waals surface area contributed by atoms with Crippen molar-refractivity contribution in [2.75, 3.05) is 0 Å². The predicted octanol–water partition coefficient (Wildman–Crippen LogP) is 3.85. The first-order valence-electron chi connectivity index (χ1n) is 6.66. The van der Waals surface area contributed by atoms with Crippen LogP contribution in [-0.2, 0) is 0 Å². The summed E-state index contributed by atoms with van der Waals surface area (Å²) in [6, 6.07) is 3.86. The Morgan fingerprint density at radius 3 is 2.12 bits per heavy atom. The minimum Gasteiger partial charge on any atom is -0.294 e. The summed E-state index contributed by atoms with van der Waals surface area (Å²) < 4.78 is 0. The zero-order valence-electron chi connectivity index (χ0n) is 10.8. The third kappa shape index (κ3) is 3.15. The number of hydrogen-bond acceptors (Lipinski definition) is 2. The van der Waals surface area contributed by atoms with Crippen LogP contribution in [0.3, 0.4) is 0 Å². The smallest absolute Gasteiger partial charge is 0.166 e. The van der Waals surface area contributed by atoms with Gasteiger partial charge in [0.25, 0.3) is 0 Å². The van der Waals surface area contributed by atoms with Crippen LogP contribution in [-0.4, -0.2) is 10.8 Å². The fraction of sp³-hybridized carbons (Fsp3) is 0.600. The van der Waals surface area contributed by atoms with E-state index in [2.05, 4.69) is 4.98 Å². The van der Waals surface area contributed by atoms with Crippen LogP contribution >= 0.6 is 0 Å². The molecule has 0 bridgehead atoms. The van der Waals surface area contributed by atoms with Gasteiger partial charge >= 0.3 is 0 Å². The van der Waals surface area contributed by atoms with Gasteiger partial charge in [0, 0.05) is 22.9 Å². The summed E-state index contributed by atoms with van der Waals surface area (Å²) in [5.41, 5.74) is 2.76. The van der Waals surface area contributed by atoms with Crippen LogP contribution in [0.1, 0.15) is 60.3 Å². The van der Waals surface area contributed by atoms with E-state index in [1.165, 1.54) is 25.7 Å². The van der Waals surface area contributed by atoms with Gasteiger partial charge in [-0.25, -0.2) is 0 Å². The standard InChI is InChI=1S/C15H21NO/c1-11-9-14(10-12(2)16-11)15(17)13-7-5-3-4-6-8-13/h9-10,13H,3-8H2,1-2H3. The van der Waals surface area contributed by atoms with Crippen molar-refractivity contribution in [1.82, 2.24) is 4.98 Å². The number of rotatable bonds is 2. The maximum absolute atomic E-state index is 12.4. The molecule has 2 nitrogen and oxygen atoms in total. The van der Waals surface area contributed by atoms with Gasteiger partial charge in [0.15, 0.2) is 5.78 Å². The quantitative estimate of drug-likeness (QED) is 0.571. The van der Waals surface area contributed by atoms with E-state index < -0.39 is 0 Å². The van der Waals surface area contributed by atoms with Crippen molar-refractivity contribution in [1.29, 1.82) is 0 Å². The number of Topliss-reactive ketones (excluding diaryl/α,β-unsaturated/α-hetero) is 1. The Hall–Kier alpha value is -1.18. The molecule has 0 aromatic carbocycles. The summed E-state index contributed by atoms with van der Waals surface area (Å²) in [4.78, 5) is 16.8. The van der Waals surface area contributed by atoms with E-state index >= 15 is 0 Å². The summed E-state index contributed by atoms with van der Waals surface area (Å²) in [5.74, 6) is 0.583. The fourth-order valence-electron chi connectivity index (χ4n) is 2.75. The lowest BCUT2D eigenvalue weighted by Crippen LogP contribution is -2.14. The topological polar surface area (TPSA) is 30.0 Å². The zero-order chi connectivity index (χ0) is 12.3. The molecule has 92 valence electrons. The van der Waals surface area contributed by atoms with Crippen molar-refractivity contribution < 1.29 is 4.79 Å². The van der Waals surface area contributed by atoms with Gasteiger partial charge < -0.3 is 0 Å². The molecule has 1 aromatic heterocycles. The van der Waals surface area contributed by atoms with E-state index in [-0.39, 0.29) is 5.92 Å². The molecule has 2 heteroatoms. The molecule has 0 amide bonds. The Morgan fingerprint density at radius 2 is 1.59 bits per heavy atom. The molecule has 0 spiro atoms. The summed E-state index contributed by atoms with van der Waals surface area (Å²) in [6.07, 6.45) is 7.13. The first kappa shape index (κ1) is 12.3. The van der Waals surface area contributed by atoms with Gasteiger partial charge in [-0.05, 0) is 38.8 Å². The number of hydrogen-bond donors (Lipinski definition) is 0. The van der Waals surface area contributed by atoms with Crippen LogP contribution in [0, 0.1) is 19.8 Å². The Labute approximate surface area is 103 Å². The lowest BCUT2D eigenvalue weighted by molar-refractivity contribution is 0.0907. The molecule has 0 aliphatic heterocycles. The van der Waals surface area contributed by atoms with Gasteiger partial charge in [-0.1, -0.05) is 25.7 Å².